The van der Waals surface area contributed by atoms with Gasteiger partial charge in [0.2, 0.25) is 0 Å². The molecule has 1 atom stereocenters. The molecule has 0 aliphatic rings. The largest absolute Gasteiger partial charge is 0.508 e. The molecule has 0 bridgehead atoms. The van der Waals surface area contributed by atoms with Crippen LogP contribution in [0, 0.1) is 0 Å². The Morgan fingerprint density at radius 3 is 2.29 bits per heavy atom. The maximum atomic E-state index is 9.63. The second-order valence-corrected chi connectivity index (χ2v) is 6.16. The first kappa shape index (κ1) is 19.9. The van der Waals surface area contributed by atoms with Crippen LogP contribution in [0.15, 0.2) is 18.2 Å². The summed E-state index contributed by atoms with van der Waals surface area (Å²) in [5, 5.41) is 22.4. The van der Waals surface area contributed by atoms with Gasteiger partial charge in [0.1, 0.15) is 5.75 Å². The number of aliphatic hydroxyl groups is 1. The van der Waals surface area contributed by atoms with Crippen molar-refractivity contribution in [1.82, 2.24) is 5.32 Å². The lowest BCUT2D eigenvalue weighted by molar-refractivity contribution is 0.275. The number of phenols is 1. The van der Waals surface area contributed by atoms with Gasteiger partial charge in [-0.05, 0) is 50.8 Å². The molecule has 0 saturated heterocycles. The van der Waals surface area contributed by atoms with Crippen molar-refractivity contribution in [2.75, 3.05) is 6.54 Å². The van der Waals surface area contributed by atoms with Crippen molar-refractivity contribution < 1.29 is 10.2 Å². The number of aliphatic hydroxyl groups excluding tert-OH is 1. The van der Waals surface area contributed by atoms with Crippen LogP contribution < -0.4 is 5.32 Å². The van der Waals surface area contributed by atoms with E-state index in [1.807, 2.05) is 26.0 Å². The monoisotopic (exact) mass is 295 g/mol. The standard InChI is InChI=1S/C16H27NO2.C2H6/c1-5-6-13(10-17-16(2,3)4)12-7-8-15(19)14(9-12)11-18;1-2/h7-9,13,17-19H,5-6,10-11H2,1-4H3;1-2H3. The second kappa shape index (κ2) is 9.80. The highest BCUT2D eigenvalue weighted by molar-refractivity contribution is 5.37. The Morgan fingerprint density at radius 1 is 1.19 bits per heavy atom. The first-order chi connectivity index (χ1) is 9.87. The van der Waals surface area contributed by atoms with Crippen molar-refractivity contribution in [3.8, 4) is 5.75 Å². The Hall–Kier alpha value is -1.06. The second-order valence-electron chi connectivity index (χ2n) is 6.16. The Kier molecular flexibility index (Phi) is 9.31. The van der Waals surface area contributed by atoms with Gasteiger partial charge < -0.3 is 15.5 Å². The van der Waals surface area contributed by atoms with E-state index in [4.69, 9.17) is 0 Å². The average Bonchev–Trinajstić information content (AvgIpc) is 2.45. The zero-order chi connectivity index (χ0) is 16.5. The third-order valence-electron chi connectivity index (χ3n) is 3.26. The van der Waals surface area contributed by atoms with Crippen molar-refractivity contribution in [3.63, 3.8) is 0 Å². The molecule has 1 aromatic rings. The number of aromatic hydroxyl groups is 1. The normalized spacial score (nSPS) is 12.5. The highest BCUT2D eigenvalue weighted by Crippen LogP contribution is 2.26. The van der Waals surface area contributed by atoms with Crippen LogP contribution in [0.25, 0.3) is 0 Å². The molecule has 1 rings (SSSR count). The summed E-state index contributed by atoms with van der Waals surface area (Å²) in [5.74, 6) is 0.584. The zero-order valence-corrected chi connectivity index (χ0v) is 14.5. The fourth-order valence-corrected chi connectivity index (χ4v) is 2.15. The summed E-state index contributed by atoms with van der Waals surface area (Å²) in [4.78, 5) is 0. The van der Waals surface area contributed by atoms with Crippen LogP contribution in [0.4, 0.5) is 0 Å². The smallest absolute Gasteiger partial charge is 0.121 e. The maximum Gasteiger partial charge on any atom is 0.121 e. The van der Waals surface area contributed by atoms with E-state index in [1.165, 1.54) is 5.56 Å². The fraction of sp³-hybridized carbons (Fsp3) is 0.667. The first-order valence-electron chi connectivity index (χ1n) is 8.05. The van der Waals surface area contributed by atoms with Crippen LogP contribution in [-0.4, -0.2) is 22.3 Å². The van der Waals surface area contributed by atoms with E-state index in [0.717, 1.165) is 19.4 Å². The molecule has 3 nitrogen and oxygen atoms in total. The number of nitrogens with one attached hydrogen (secondary N) is 1. The Balaban J connectivity index is 0.00000191. The van der Waals surface area contributed by atoms with E-state index in [9.17, 15) is 10.2 Å². The quantitative estimate of drug-likeness (QED) is 0.738. The van der Waals surface area contributed by atoms with Crippen LogP contribution in [0.1, 0.15) is 71.4 Å². The lowest BCUT2D eigenvalue weighted by atomic mass is 9.92. The van der Waals surface area contributed by atoms with Crippen LogP contribution >= 0.6 is 0 Å². The predicted molar refractivity (Wildman–Crippen MR) is 90.8 cm³/mol. The molecule has 0 aliphatic heterocycles. The highest BCUT2D eigenvalue weighted by Gasteiger charge is 2.16. The van der Waals surface area contributed by atoms with Gasteiger partial charge in [-0.25, -0.2) is 0 Å². The summed E-state index contributed by atoms with van der Waals surface area (Å²) in [6, 6.07) is 5.56. The lowest BCUT2D eigenvalue weighted by Gasteiger charge is -2.26. The minimum atomic E-state index is -0.120. The average molecular weight is 295 g/mol. The van der Waals surface area contributed by atoms with Gasteiger partial charge in [-0.1, -0.05) is 33.3 Å². The van der Waals surface area contributed by atoms with Gasteiger partial charge in [0.15, 0.2) is 0 Å². The van der Waals surface area contributed by atoms with Crippen molar-refractivity contribution in [3.05, 3.63) is 29.3 Å². The van der Waals surface area contributed by atoms with Gasteiger partial charge in [0.05, 0.1) is 6.61 Å². The van der Waals surface area contributed by atoms with Crippen molar-refractivity contribution >= 4 is 0 Å². The summed E-state index contributed by atoms with van der Waals surface area (Å²) < 4.78 is 0. The van der Waals surface area contributed by atoms with Gasteiger partial charge in [0.25, 0.3) is 0 Å². The Morgan fingerprint density at radius 2 is 1.81 bits per heavy atom. The molecule has 0 amide bonds. The van der Waals surface area contributed by atoms with Gasteiger partial charge in [-0.2, -0.15) is 0 Å². The molecule has 0 spiro atoms. The number of hydrogen-bond acceptors (Lipinski definition) is 3. The Labute approximate surface area is 130 Å². The minimum Gasteiger partial charge on any atom is -0.508 e. The van der Waals surface area contributed by atoms with Crippen LogP contribution in [-0.2, 0) is 6.61 Å². The van der Waals surface area contributed by atoms with E-state index < -0.39 is 0 Å². The number of hydrogen-bond donors (Lipinski definition) is 3. The van der Waals surface area contributed by atoms with Gasteiger partial charge in [-0.3, -0.25) is 0 Å². The zero-order valence-electron chi connectivity index (χ0n) is 14.5. The molecule has 0 aliphatic carbocycles. The Bertz CT molecular complexity index is 397. The molecular weight excluding hydrogens is 262 g/mol. The molecule has 3 N–H and O–H groups in total. The fourth-order valence-electron chi connectivity index (χ4n) is 2.15. The van der Waals surface area contributed by atoms with Crippen molar-refractivity contribution in [1.29, 1.82) is 0 Å². The van der Waals surface area contributed by atoms with E-state index in [2.05, 4.69) is 33.0 Å². The SMILES string of the molecule is CC.CCCC(CNC(C)(C)C)c1ccc(O)c(CO)c1. The third kappa shape index (κ3) is 7.49. The summed E-state index contributed by atoms with van der Waals surface area (Å²) in [5.41, 5.74) is 1.89. The summed E-state index contributed by atoms with van der Waals surface area (Å²) in [6.45, 7) is 13.4. The number of benzene rings is 1. The van der Waals surface area contributed by atoms with E-state index in [0.29, 0.717) is 11.5 Å². The van der Waals surface area contributed by atoms with Crippen LogP contribution in [0.2, 0.25) is 0 Å². The molecule has 1 aromatic carbocycles. The van der Waals surface area contributed by atoms with Gasteiger partial charge >= 0.3 is 0 Å². The van der Waals surface area contributed by atoms with E-state index in [1.54, 1.807) is 6.07 Å². The molecule has 0 radical (unpaired) electrons. The summed E-state index contributed by atoms with van der Waals surface area (Å²) in [7, 11) is 0. The van der Waals surface area contributed by atoms with E-state index >= 15 is 0 Å². The number of rotatable bonds is 6. The molecular formula is C18H33NO2. The molecule has 122 valence electrons. The third-order valence-corrected chi connectivity index (χ3v) is 3.26. The molecule has 0 fully saturated rings. The topological polar surface area (TPSA) is 52.5 Å². The minimum absolute atomic E-state index is 0.0999. The van der Waals surface area contributed by atoms with Crippen LogP contribution in [0.3, 0.4) is 0 Å². The van der Waals surface area contributed by atoms with E-state index in [-0.39, 0.29) is 17.9 Å². The molecule has 0 heterocycles. The highest BCUT2D eigenvalue weighted by atomic mass is 16.3. The van der Waals surface area contributed by atoms with Gasteiger partial charge in [-0.15, -0.1) is 0 Å². The van der Waals surface area contributed by atoms with Crippen LogP contribution in [0.5, 0.6) is 5.75 Å². The molecule has 0 saturated carbocycles. The van der Waals surface area contributed by atoms with Gasteiger partial charge in [0, 0.05) is 17.6 Å². The lowest BCUT2D eigenvalue weighted by Crippen LogP contribution is -2.38. The molecule has 3 heteroatoms. The molecule has 21 heavy (non-hydrogen) atoms. The summed E-state index contributed by atoms with van der Waals surface area (Å²) >= 11 is 0. The predicted octanol–water partition coefficient (Wildman–Crippen LogP) is 4.18. The van der Waals surface area contributed by atoms with Crippen molar-refractivity contribution in [2.24, 2.45) is 0 Å². The van der Waals surface area contributed by atoms with Crippen molar-refractivity contribution in [2.45, 2.75) is 72.4 Å². The first-order valence-corrected chi connectivity index (χ1v) is 8.05. The molecule has 0 aromatic heterocycles. The summed E-state index contributed by atoms with van der Waals surface area (Å²) in [6.07, 6.45) is 2.21. The molecule has 1 unspecified atom stereocenters. The maximum absolute atomic E-state index is 9.63.